The zero-order valence-electron chi connectivity index (χ0n) is 16.1. The second-order valence-electron chi connectivity index (χ2n) is 7.44. The number of carbonyl (C=O) groups is 1. The van der Waals surface area contributed by atoms with Crippen LogP contribution >= 0.6 is 0 Å². The first-order valence-corrected chi connectivity index (χ1v) is 9.73. The minimum Gasteiger partial charge on any atom is -0.391 e. The summed E-state index contributed by atoms with van der Waals surface area (Å²) < 4.78 is 6.82. The summed E-state index contributed by atoms with van der Waals surface area (Å²) in [5.74, 6) is 1.55. The van der Waals surface area contributed by atoms with E-state index in [-0.39, 0.29) is 11.7 Å². The number of aryl methyl sites for hydroxylation is 2. The third kappa shape index (κ3) is 3.75. The maximum atomic E-state index is 12.7. The van der Waals surface area contributed by atoms with E-state index in [4.69, 9.17) is 4.52 Å². The lowest BCUT2D eigenvalue weighted by atomic mass is 9.93. The van der Waals surface area contributed by atoms with Crippen LogP contribution in [0, 0.1) is 0 Å². The van der Waals surface area contributed by atoms with Gasteiger partial charge in [-0.2, -0.15) is 10.1 Å². The van der Waals surface area contributed by atoms with Gasteiger partial charge in [-0.1, -0.05) is 24.2 Å². The van der Waals surface area contributed by atoms with Crippen LogP contribution in [0.15, 0.2) is 35.1 Å². The second kappa shape index (κ2) is 7.67. The Bertz CT molecular complexity index is 989. The smallest absolute Gasteiger partial charge is 0.226 e. The number of benzene rings is 1. The number of hydrogen-bond acceptors (Lipinski definition) is 6. The van der Waals surface area contributed by atoms with Crippen LogP contribution in [-0.4, -0.2) is 36.9 Å². The molecule has 2 atom stereocenters. The molecule has 1 aromatic carbocycles. The Hall–Kier alpha value is -2.80. The molecule has 7 nitrogen and oxygen atoms in total. The lowest BCUT2D eigenvalue weighted by Crippen LogP contribution is -2.12. The number of aliphatic hydroxyl groups is 1. The molecule has 1 aliphatic rings. The molecule has 0 bridgehead atoms. The fourth-order valence-corrected chi connectivity index (χ4v) is 3.79. The molecule has 1 N–H and O–H groups in total. The van der Waals surface area contributed by atoms with Crippen molar-refractivity contribution in [3.05, 3.63) is 53.2 Å². The van der Waals surface area contributed by atoms with Gasteiger partial charge in [0.25, 0.3) is 0 Å². The first-order chi connectivity index (χ1) is 13.5. The minimum absolute atomic E-state index is 0.0875. The maximum absolute atomic E-state index is 12.7. The number of fused-ring (bicyclic) bond motifs is 1. The topological polar surface area (TPSA) is 94.0 Å². The van der Waals surface area contributed by atoms with E-state index in [1.165, 1.54) is 11.1 Å². The summed E-state index contributed by atoms with van der Waals surface area (Å²) in [5.41, 5.74) is 4.04. The zero-order valence-corrected chi connectivity index (χ0v) is 16.1. The van der Waals surface area contributed by atoms with Crippen LogP contribution in [0.1, 0.15) is 60.0 Å². The van der Waals surface area contributed by atoms with Gasteiger partial charge >= 0.3 is 0 Å². The first kappa shape index (κ1) is 18.6. The molecule has 1 unspecified atom stereocenters. The van der Waals surface area contributed by atoms with Crippen molar-refractivity contribution in [1.82, 2.24) is 19.9 Å². The van der Waals surface area contributed by atoms with Gasteiger partial charge in [-0.3, -0.25) is 9.48 Å². The number of aromatic nitrogens is 4. The van der Waals surface area contributed by atoms with Gasteiger partial charge in [-0.05, 0) is 42.9 Å². The van der Waals surface area contributed by atoms with Gasteiger partial charge in [-0.15, -0.1) is 0 Å². The summed E-state index contributed by atoms with van der Waals surface area (Å²) in [6.07, 6.45) is 5.90. The number of hydrogen-bond donors (Lipinski definition) is 1. The highest BCUT2D eigenvalue weighted by Crippen LogP contribution is 2.38. The quantitative estimate of drug-likeness (QED) is 0.633. The number of Topliss-reactive ketones (excluding diaryl/α,β-unsaturated/α-hetero) is 1. The molecule has 4 rings (SSSR count). The monoisotopic (exact) mass is 380 g/mol. The van der Waals surface area contributed by atoms with Gasteiger partial charge in [0.05, 0.1) is 24.4 Å². The van der Waals surface area contributed by atoms with Crippen LogP contribution in [0.5, 0.6) is 0 Å². The van der Waals surface area contributed by atoms with Gasteiger partial charge in [-0.25, -0.2) is 0 Å². The van der Waals surface area contributed by atoms with E-state index >= 15 is 0 Å². The van der Waals surface area contributed by atoms with E-state index in [0.717, 1.165) is 24.8 Å². The van der Waals surface area contributed by atoms with Crippen LogP contribution < -0.4 is 0 Å². The maximum Gasteiger partial charge on any atom is 0.226 e. The summed E-state index contributed by atoms with van der Waals surface area (Å²) in [6.45, 7) is 4.07. The Labute approximate surface area is 163 Å². The Balaban J connectivity index is 1.47. The number of rotatable bonds is 7. The van der Waals surface area contributed by atoms with Crippen molar-refractivity contribution in [2.45, 2.75) is 58.1 Å². The van der Waals surface area contributed by atoms with Crippen molar-refractivity contribution in [2.75, 3.05) is 0 Å². The van der Waals surface area contributed by atoms with E-state index in [1.54, 1.807) is 24.0 Å². The standard InChI is InChI=1S/C21H24N4O3/c1-3-20-23-21(24-28-20)16-6-7-18-14(8-16)4-5-15(18)9-19(27)17-10-22-25(12-17)11-13(2)26/h6-8,10,12-13,15,26H,3-5,9,11H2,1-2H3/t13?,15-/m0/s1. The van der Waals surface area contributed by atoms with Crippen molar-refractivity contribution in [2.24, 2.45) is 0 Å². The highest BCUT2D eigenvalue weighted by atomic mass is 16.5. The SMILES string of the molecule is CCc1nc(-c2ccc3c(c2)CC[C@H]3CC(=O)c2cnn(CC(C)O)c2)no1. The van der Waals surface area contributed by atoms with Crippen LogP contribution in [0.4, 0.5) is 0 Å². The first-order valence-electron chi connectivity index (χ1n) is 9.73. The normalized spacial score (nSPS) is 16.9. The van der Waals surface area contributed by atoms with Crippen molar-refractivity contribution in [3.63, 3.8) is 0 Å². The highest BCUT2D eigenvalue weighted by Gasteiger charge is 2.26. The molecule has 1 aliphatic carbocycles. The van der Waals surface area contributed by atoms with Gasteiger partial charge in [0.1, 0.15) is 0 Å². The van der Waals surface area contributed by atoms with E-state index in [1.807, 2.05) is 13.0 Å². The lowest BCUT2D eigenvalue weighted by Gasteiger charge is -2.10. The third-order valence-corrected chi connectivity index (χ3v) is 5.21. The molecule has 0 spiro atoms. The summed E-state index contributed by atoms with van der Waals surface area (Å²) >= 11 is 0. The predicted molar refractivity (Wildman–Crippen MR) is 103 cm³/mol. The van der Waals surface area contributed by atoms with Crippen molar-refractivity contribution in [1.29, 1.82) is 0 Å². The number of nitrogens with zero attached hydrogens (tertiary/aromatic N) is 4. The summed E-state index contributed by atoms with van der Waals surface area (Å²) in [4.78, 5) is 17.1. The molecule has 0 aliphatic heterocycles. The molecule has 2 aromatic heterocycles. The number of aliphatic hydroxyl groups excluding tert-OH is 1. The Morgan fingerprint density at radius 2 is 2.29 bits per heavy atom. The molecule has 2 heterocycles. The zero-order chi connectivity index (χ0) is 19.7. The Kier molecular flexibility index (Phi) is 5.09. The van der Waals surface area contributed by atoms with Crippen molar-refractivity contribution < 1.29 is 14.4 Å². The third-order valence-electron chi connectivity index (χ3n) is 5.21. The van der Waals surface area contributed by atoms with E-state index in [9.17, 15) is 9.90 Å². The molecular weight excluding hydrogens is 356 g/mol. The Morgan fingerprint density at radius 1 is 1.43 bits per heavy atom. The van der Waals surface area contributed by atoms with Crippen molar-refractivity contribution >= 4 is 5.78 Å². The largest absolute Gasteiger partial charge is 0.391 e. The lowest BCUT2D eigenvalue weighted by molar-refractivity contribution is 0.0973. The molecule has 3 aromatic rings. The van der Waals surface area contributed by atoms with Gasteiger partial charge in [0.15, 0.2) is 5.78 Å². The summed E-state index contributed by atoms with van der Waals surface area (Å²) in [6, 6.07) is 6.21. The summed E-state index contributed by atoms with van der Waals surface area (Å²) in [5, 5.41) is 17.7. The molecule has 0 saturated carbocycles. The predicted octanol–water partition coefficient (Wildman–Crippen LogP) is 3.18. The molecular formula is C21H24N4O3. The second-order valence-corrected chi connectivity index (χ2v) is 7.44. The van der Waals surface area contributed by atoms with E-state index in [2.05, 4.69) is 27.4 Å². The highest BCUT2D eigenvalue weighted by molar-refractivity contribution is 5.96. The van der Waals surface area contributed by atoms with Crippen molar-refractivity contribution in [3.8, 4) is 11.4 Å². The number of carbonyl (C=O) groups excluding carboxylic acids is 1. The molecule has 0 saturated heterocycles. The minimum atomic E-state index is -0.494. The molecule has 0 radical (unpaired) electrons. The van der Waals surface area contributed by atoms with E-state index < -0.39 is 6.10 Å². The number of ketones is 1. The van der Waals surface area contributed by atoms with Crippen LogP contribution in [-0.2, 0) is 19.4 Å². The molecule has 0 amide bonds. The van der Waals surface area contributed by atoms with Crippen LogP contribution in [0.25, 0.3) is 11.4 Å². The van der Waals surface area contributed by atoms with Gasteiger partial charge < -0.3 is 9.63 Å². The summed E-state index contributed by atoms with van der Waals surface area (Å²) in [7, 11) is 0. The van der Waals surface area contributed by atoms with Gasteiger partial charge in [0, 0.05) is 24.6 Å². The fraction of sp³-hybridized carbons (Fsp3) is 0.429. The van der Waals surface area contributed by atoms with Gasteiger partial charge in [0.2, 0.25) is 11.7 Å². The molecule has 28 heavy (non-hydrogen) atoms. The van der Waals surface area contributed by atoms with E-state index in [0.29, 0.717) is 30.2 Å². The molecule has 7 heteroatoms. The molecule has 146 valence electrons. The molecule has 0 fully saturated rings. The van der Waals surface area contributed by atoms with Crippen LogP contribution in [0.3, 0.4) is 0 Å². The van der Waals surface area contributed by atoms with Crippen LogP contribution in [0.2, 0.25) is 0 Å². The fourth-order valence-electron chi connectivity index (χ4n) is 3.79. The Morgan fingerprint density at radius 3 is 3.04 bits per heavy atom. The average Bonchev–Trinajstić information content (AvgIpc) is 3.40. The average molecular weight is 380 g/mol.